The van der Waals surface area contributed by atoms with Gasteiger partial charge in [0, 0.05) is 20.7 Å². The highest BCUT2D eigenvalue weighted by molar-refractivity contribution is 9.10. The molecule has 20 heavy (non-hydrogen) atoms. The number of oxime groups is 1. The van der Waals surface area contributed by atoms with Gasteiger partial charge in [0.2, 0.25) is 0 Å². The molecule has 0 aliphatic rings. The Bertz CT molecular complexity index is 632. The van der Waals surface area contributed by atoms with E-state index in [-0.39, 0.29) is 11.7 Å². The summed E-state index contributed by atoms with van der Waals surface area (Å²) in [6.45, 7) is 0. The van der Waals surface area contributed by atoms with E-state index < -0.39 is 0 Å². The molecule has 0 atom stereocenters. The van der Waals surface area contributed by atoms with Gasteiger partial charge in [0.15, 0.2) is 5.84 Å². The van der Waals surface area contributed by atoms with E-state index in [4.69, 9.17) is 10.9 Å². The Labute approximate surface area is 128 Å². The van der Waals surface area contributed by atoms with Crippen molar-refractivity contribution in [3.63, 3.8) is 0 Å². The van der Waals surface area contributed by atoms with Gasteiger partial charge in [-0.05, 0) is 35.9 Å². The fraction of sp³-hybridized carbons (Fsp3) is 0.0714. The van der Waals surface area contributed by atoms with Crippen molar-refractivity contribution >= 4 is 33.5 Å². The molecule has 0 aliphatic heterocycles. The minimum Gasteiger partial charge on any atom is -0.409 e. The van der Waals surface area contributed by atoms with Crippen LogP contribution in [0.4, 0.5) is 4.39 Å². The van der Waals surface area contributed by atoms with Crippen molar-refractivity contribution in [3.8, 4) is 0 Å². The van der Waals surface area contributed by atoms with Crippen LogP contribution in [0.2, 0.25) is 0 Å². The van der Waals surface area contributed by atoms with E-state index in [9.17, 15) is 4.39 Å². The van der Waals surface area contributed by atoms with Crippen molar-refractivity contribution in [1.29, 1.82) is 0 Å². The molecule has 0 aliphatic carbocycles. The van der Waals surface area contributed by atoms with Crippen LogP contribution in [0.1, 0.15) is 11.1 Å². The van der Waals surface area contributed by atoms with Crippen LogP contribution in [0.5, 0.6) is 0 Å². The molecule has 0 amide bonds. The molecule has 2 aromatic rings. The fourth-order valence-electron chi connectivity index (χ4n) is 1.57. The van der Waals surface area contributed by atoms with E-state index in [1.165, 1.54) is 6.07 Å². The van der Waals surface area contributed by atoms with E-state index in [2.05, 4.69) is 21.1 Å². The van der Waals surface area contributed by atoms with Gasteiger partial charge < -0.3 is 10.9 Å². The van der Waals surface area contributed by atoms with Crippen LogP contribution in [-0.4, -0.2) is 11.0 Å². The Hall–Kier alpha value is -1.53. The van der Waals surface area contributed by atoms with E-state index >= 15 is 0 Å². The zero-order valence-corrected chi connectivity index (χ0v) is 12.8. The SMILES string of the molecule is N/C(=N\O)c1ccc(CSc2ccc(Br)cc2)c(F)c1. The summed E-state index contributed by atoms with van der Waals surface area (Å²) >= 11 is 4.91. The summed E-state index contributed by atoms with van der Waals surface area (Å²) in [7, 11) is 0. The van der Waals surface area contributed by atoms with E-state index in [1.54, 1.807) is 23.9 Å². The summed E-state index contributed by atoms with van der Waals surface area (Å²) in [6.07, 6.45) is 0. The summed E-state index contributed by atoms with van der Waals surface area (Å²) in [4.78, 5) is 1.06. The number of halogens is 2. The third-order valence-electron chi connectivity index (χ3n) is 2.66. The van der Waals surface area contributed by atoms with Crippen molar-refractivity contribution in [3.05, 3.63) is 63.9 Å². The fourth-order valence-corrected chi connectivity index (χ4v) is 2.72. The molecule has 0 saturated heterocycles. The van der Waals surface area contributed by atoms with Crippen LogP contribution in [0.15, 0.2) is 57.0 Å². The van der Waals surface area contributed by atoms with E-state index in [1.807, 2.05) is 24.3 Å². The number of hydrogen-bond donors (Lipinski definition) is 2. The Kier molecular flexibility index (Phi) is 5.03. The predicted octanol–water partition coefficient (Wildman–Crippen LogP) is 3.98. The van der Waals surface area contributed by atoms with Gasteiger partial charge in [0.05, 0.1) is 0 Å². The topological polar surface area (TPSA) is 58.6 Å². The van der Waals surface area contributed by atoms with Crippen molar-refractivity contribution in [2.45, 2.75) is 10.6 Å². The second kappa shape index (κ2) is 6.76. The average Bonchev–Trinajstić information content (AvgIpc) is 2.46. The molecular weight excluding hydrogens is 343 g/mol. The molecule has 2 rings (SSSR count). The second-order valence-electron chi connectivity index (χ2n) is 4.03. The van der Waals surface area contributed by atoms with Gasteiger partial charge in [0.1, 0.15) is 5.82 Å². The van der Waals surface area contributed by atoms with Crippen LogP contribution in [0, 0.1) is 5.82 Å². The Morgan fingerprint density at radius 1 is 1.25 bits per heavy atom. The minimum absolute atomic E-state index is 0.101. The van der Waals surface area contributed by atoms with E-state index in [0.29, 0.717) is 16.9 Å². The first-order chi connectivity index (χ1) is 9.60. The third-order valence-corrected chi connectivity index (χ3v) is 4.25. The Morgan fingerprint density at radius 3 is 2.55 bits per heavy atom. The predicted molar refractivity (Wildman–Crippen MR) is 82.6 cm³/mol. The monoisotopic (exact) mass is 354 g/mol. The average molecular weight is 355 g/mol. The second-order valence-corrected chi connectivity index (χ2v) is 6.00. The number of benzene rings is 2. The molecule has 6 heteroatoms. The maximum Gasteiger partial charge on any atom is 0.170 e. The zero-order valence-electron chi connectivity index (χ0n) is 10.4. The molecule has 0 heterocycles. The van der Waals surface area contributed by atoms with Crippen molar-refractivity contribution < 1.29 is 9.60 Å². The minimum atomic E-state index is -0.362. The lowest BCUT2D eigenvalue weighted by atomic mass is 10.1. The number of rotatable bonds is 4. The molecule has 0 aromatic heterocycles. The highest BCUT2D eigenvalue weighted by atomic mass is 79.9. The first-order valence-electron chi connectivity index (χ1n) is 5.75. The van der Waals surface area contributed by atoms with Gasteiger partial charge in [-0.2, -0.15) is 0 Å². The number of thioether (sulfide) groups is 1. The van der Waals surface area contributed by atoms with Crippen molar-refractivity contribution in [2.75, 3.05) is 0 Å². The van der Waals surface area contributed by atoms with Gasteiger partial charge >= 0.3 is 0 Å². The number of hydrogen-bond acceptors (Lipinski definition) is 3. The van der Waals surface area contributed by atoms with Gasteiger partial charge in [-0.25, -0.2) is 4.39 Å². The van der Waals surface area contributed by atoms with Crippen LogP contribution in [-0.2, 0) is 5.75 Å². The van der Waals surface area contributed by atoms with Crippen LogP contribution >= 0.6 is 27.7 Å². The molecule has 0 radical (unpaired) electrons. The van der Waals surface area contributed by atoms with Crippen LogP contribution in [0.25, 0.3) is 0 Å². The van der Waals surface area contributed by atoms with Crippen LogP contribution in [0.3, 0.4) is 0 Å². The summed E-state index contributed by atoms with van der Waals surface area (Å²) in [6, 6.07) is 12.4. The van der Waals surface area contributed by atoms with Crippen LogP contribution < -0.4 is 5.73 Å². The van der Waals surface area contributed by atoms with Gasteiger partial charge in [-0.3, -0.25) is 0 Å². The summed E-state index contributed by atoms with van der Waals surface area (Å²) in [5.74, 6) is 0.0546. The third kappa shape index (κ3) is 3.74. The number of nitrogens with two attached hydrogens (primary N) is 1. The smallest absolute Gasteiger partial charge is 0.170 e. The molecule has 0 bridgehead atoms. The normalized spacial score (nSPS) is 11.6. The molecule has 104 valence electrons. The maximum atomic E-state index is 13.9. The molecule has 3 N–H and O–H groups in total. The first-order valence-corrected chi connectivity index (χ1v) is 7.52. The molecule has 0 unspecified atom stereocenters. The molecule has 0 fully saturated rings. The quantitative estimate of drug-likeness (QED) is 0.287. The Balaban J connectivity index is 2.08. The van der Waals surface area contributed by atoms with E-state index in [0.717, 1.165) is 9.37 Å². The highest BCUT2D eigenvalue weighted by Gasteiger charge is 2.07. The zero-order chi connectivity index (χ0) is 14.5. The molecule has 2 aromatic carbocycles. The van der Waals surface area contributed by atoms with Gasteiger partial charge in [-0.15, -0.1) is 11.8 Å². The molecule has 0 saturated carbocycles. The van der Waals surface area contributed by atoms with Gasteiger partial charge in [-0.1, -0.05) is 33.2 Å². The van der Waals surface area contributed by atoms with Gasteiger partial charge in [0.25, 0.3) is 0 Å². The largest absolute Gasteiger partial charge is 0.409 e. The number of nitrogens with zero attached hydrogens (tertiary/aromatic N) is 1. The lowest BCUT2D eigenvalue weighted by Crippen LogP contribution is -2.13. The lowest BCUT2D eigenvalue weighted by Gasteiger charge is -2.06. The van der Waals surface area contributed by atoms with Crippen molar-refractivity contribution in [1.82, 2.24) is 0 Å². The summed E-state index contributed by atoms with van der Waals surface area (Å²) in [5.41, 5.74) is 6.36. The van der Waals surface area contributed by atoms with Crippen molar-refractivity contribution in [2.24, 2.45) is 10.9 Å². The molecular formula is C14H12BrFN2OS. The summed E-state index contributed by atoms with van der Waals surface area (Å²) in [5, 5.41) is 11.4. The highest BCUT2D eigenvalue weighted by Crippen LogP contribution is 2.25. The molecule has 3 nitrogen and oxygen atoms in total. The lowest BCUT2D eigenvalue weighted by molar-refractivity contribution is 0.318. The molecule has 0 spiro atoms. The number of amidine groups is 1. The summed E-state index contributed by atoms with van der Waals surface area (Å²) < 4.78 is 14.9. The standard InChI is InChI=1S/C14H12BrFN2OS/c15-11-3-5-12(6-4-11)20-8-10-2-1-9(7-13(10)16)14(17)18-19/h1-7,19H,8H2,(H2,17,18). The Morgan fingerprint density at radius 2 is 1.95 bits per heavy atom. The first kappa shape index (κ1) is 14.9. The maximum absolute atomic E-state index is 13.9.